The number of nitrogens with two attached hydrogens (primary N) is 1. The van der Waals surface area contributed by atoms with E-state index in [4.69, 9.17) is 15.2 Å². The van der Waals surface area contributed by atoms with Crippen molar-refractivity contribution in [3.63, 3.8) is 0 Å². The Kier molecular flexibility index (Phi) is 8.69. The molecule has 2 aliphatic carbocycles. The zero-order valence-electron chi connectivity index (χ0n) is 22.7. The molecule has 5 atom stereocenters. The Morgan fingerprint density at radius 2 is 2.00 bits per heavy atom. The molecule has 1 saturated heterocycles. The summed E-state index contributed by atoms with van der Waals surface area (Å²) in [5.41, 5.74) is 7.22. The predicted octanol–water partition coefficient (Wildman–Crippen LogP) is 3.70. The fraction of sp³-hybridized carbons (Fsp3) is 0.581. The molecular formula is C31H41FN2O5. The number of amides is 1. The standard InChI is InChI=1S/C31H41FN2O5/c1-38-14-3-2-12-31(37,28-19-34(13-15-39-28)30(36)23-17-26(33)27(35)18-23)24-8-5-9-25(32)29(24)22-7-4-6-21(16-22)20-10-11-20/h4-9,16,20,23,26-28,35,37H,2-3,10-15,17-19,33H2,1H3/t23-,26+,27-,28+,31-/m0/s1. The maximum atomic E-state index is 15.6. The van der Waals surface area contributed by atoms with Crippen LogP contribution in [0, 0.1) is 11.7 Å². The number of morpholine rings is 1. The number of rotatable bonds is 10. The van der Waals surface area contributed by atoms with Crippen molar-refractivity contribution in [3.8, 4) is 11.1 Å². The Hall–Kier alpha value is -2.36. The number of aliphatic hydroxyl groups excluding tert-OH is 1. The molecule has 39 heavy (non-hydrogen) atoms. The van der Waals surface area contributed by atoms with Crippen LogP contribution in [0.25, 0.3) is 11.1 Å². The number of carbonyl (C=O) groups excluding carboxylic acids is 1. The van der Waals surface area contributed by atoms with Gasteiger partial charge in [-0.3, -0.25) is 4.79 Å². The SMILES string of the molecule is COCCCC[C@](O)(c1cccc(F)c1-c1cccc(C2CC2)c1)[C@H]1CN(C(=O)[C@H]2C[C@@H](N)[C@@H](O)C2)CCO1. The normalized spacial score (nSPS) is 26.9. The van der Waals surface area contributed by atoms with Gasteiger partial charge in [-0.2, -0.15) is 0 Å². The highest BCUT2D eigenvalue weighted by Gasteiger charge is 2.46. The number of ether oxygens (including phenoxy) is 2. The van der Waals surface area contributed by atoms with Crippen molar-refractivity contribution in [2.45, 2.75) is 74.7 Å². The van der Waals surface area contributed by atoms with E-state index in [0.29, 0.717) is 55.9 Å². The molecule has 3 aliphatic rings. The van der Waals surface area contributed by atoms with E-state index in [0.717, 1.165) is 24.8 Å². The lowest BCUT2D eigenvalue weighted by molar-refractivity contribution is -0.167. The number of nitrogens with zero attached hydrogens (tertiary/aromatic N) is 1. The van der Waals surface area contributed by atoms with Crippen molar-refractivity contribution in [3.05, 3.63) is 59.4 Å². The first-order valence-corrected chi connectivity index (χ1v) is 14.3. The van der Waals surface area contributed by atoms with Crippen molar-refractivity contribution < 1.29 is 28.9 Å². The first-order chi connectivity index (χ1) is 18.8. The number of hydrogen-bond acceptors (Lipinski definition) is 6. The largest absolute Gasteiger partial charge is 0.391 e. The van der Waals surface area contributed by atoms with Gasteiger partial charge in [-0.25, -0.2) is 4.39 Å². The van der Waals surface area contributed by atoms with E-state index in [2.05, 4.69) is 6.07 Å². The highest BCUT2D eigenvalue weighted by molar-refractivity contribution is 5.79. The van der Waals surface area contributed by atoms with Crippen LogP contribution in [0.2, 0.25) is 0 Å². The molecule has 0 bridgehead atoms. The van der Waals surface area contributed by atoms with Gasteiger partial charge >= 0.3 is 0 Å². The van der Waals surface area contributed by atoms with E-state index in [9.17, 15) is 15.0 Å². The third kappa shape index (κ3) is 6.05. The summed E-state index contributed by atoms with van der Waals surface area (Å²) in [6.07, 6.45) is 3.32. The fourth-order valence-corrected chi connectivity index (χ4v) is 6.30. The van der Waals surface area contributed by atoms with Crippen molar-refractivity contribution in [1.29, 1.82) is 0 Å². The van der Waals surface area contributed by atoms with Crippen LogP contribution in [-0.2, 0) is 19.9 Å². The number of halogens is 1. The molecular weight excluding hydrogens is 499 g/mol. The lowest BCUT2D eigenvalue weighted by Crippen LogP contribution is -2.55. The summed E-state index contributed by atoms with van der Waals surface area (Å²) >= 11 is 0. The number of unbranched alkanes of at least 4 members (excludes halogenated alkanes) is 1. The van der Waals surface area contributed by atoms with Gasteiger partial charge in [0.05, 0.1) is 19.3 Å². The Labute approximate surface area is 230 Å². The molecule has 5 rings (SSSR count). The fourth-order valence-electron chi connectivity index (χ4n) is 6.30. The van der Waals surface area contributed by atoms with Crippen molar-refractivity contribution in [1.82, 2.24) is 4.90 Å². The lowest BCUT2D eigenvalue weighted by atomic mass is 9.78. The summed E-state index contributed by atoms with van der Waals surface area (Å²) in [4.78, 5) is 15.1. The van der Waals surface area contributed by atoms with Gasteiger partial charge in [0.2, 0.25) is 5.91 Å². The molecule has 0 radical (unpaired) electrons. The zero-order valence-corrected chi connectivity index (χ0v) is 22.7. The van der Waals surface area contributed by atoms with Crippen molar-refractivity contribution >= 4 is 5.91 Å². The van der Waals surface area contributed by atoms with Gasteiger partial charge in [0.15, 0.2) is 0 Å². The smallest absolute Gasteiger partial charge is 0.226 e. The maximum absolute atomic E-state index is 15.6. The minimum absolute atomic E-state index is 0.0753. The minimum atomic E-state index is -1.54. The second-order valence-electron chi connectivity index (χ2n) is 11.5. The molecule has 0 aromatic heterocycles. The summed E-state index contributed by atoms with van der Waals surface area (Å²) in [5, 5.41) is 22.6. The Bertz CT molecular complexity index is 1150. The highest BCUT2D eigenvalue weighted by atomic mass is 19.1. The monoisotopic (exact) mass is 540 g/mol. The number of hydrogen-bond donors (Lipinski definition) is 3. The quantitative estimate of drug-likeness (QED) is 0.397. The third-order valence-corrected chi connectivity index (χ3v) is 8.70. The van der Waals surface area contributed by atoms with Gasteiger partial charge < -0.3 is 30.3 Å². The Morgan fingerprint density at radius 1 is 1.21 bits per heavy atom. The lowest BCUT2D eigenvalue weighted by Gasteiger charge is -2.43. The van der Waals surface area contributed by atoms with Crippen LogP contribution in [0.15, 0.2) is 42.5 Å². The second kappa shape index (κ2) is 12.0. The van der Waals surface area contributed by atoms with Gasteiger partial charge in [-0.1, -0.05) is 36.4 Å². The average molecular weight is 541 g/mol. The summed E-state index contributed by atoms with van der Waals surface area (Å²) in [6, 6.07) is 12.4. The molecule has 1 amide bonds. The molecule has 212 valence electrons. The summed E-state index contributed by atoms with van der Waals surface area (Å²) < 4.78 is 27.0. The van der Waals surface area contributed by atoms with Gasteiger partial charge in [-0.05, 0) is 73.6 Å². The van der Waals surface area contributed by atoms with Crippen LogP contribution < -0.4 is 5.73 Å². The molecule has 0 unspecified atom stereocenters. The van der Waals surface area contributed by atoms with E-state index in [-0.39, 0.29) is 25.0 Å². The molecule has 2 aromatic carbocycles. The van der Waals surface area contributed by atoms with Crippen molar-refractivity contribution in [2.24, 2.45) is 11.7 Å². The molecule has 1 aliphatic heterocycles. The van der Waals surface area contributed by atoms with Crippen LogP contribution in [0.1, 0.15) is 62.0 Å². The number of carbonyl (C=O) groups is 1. The Balaban J connectivity index is 1.48. The van der Waals surface area contributed by atoms with E-state index < -0.39 is 29.7 Å². The van der Waals surface area contributed by atoms with Crippen LogP contribution in [0.5, 0.6) is 0 Å². The topological polar surface area (TPSA) is 105 Å². The Morgan fingerprint density at radius 3 is 2.72 bits per heavy atom. The summed E-state index contributed by atoms with van der Waals surface area (Å²) in [7, 11) is 1.64. The molecule has 2 saturated carbocycles. The molecule has 0 spiro atoms. The van der Waals surface area contributed by atoms with Crippen LogP contribution in [0.4, 0.5) is 4.39 Å². The first kappa shape index (κ1) is 28.2. The minimum Gasteiger partial charge on any atom is -0.391 e. The first-order valence-electron chi connectivity index (χ1n) is 14.3. The third-order valence-electron chi connectivity index (χ3n) is 8.70. The van der Waals surface area contributed by atoms with Crippen molar-refractivity contribution in [2.75, 3.05) is 33.4 Å². The zero-order chi connectivity index (χ0) is 27.6. The van der Waals surface area contributed by atoms with E-state index >= 15 is 4.39 Å². The molecule has 4 N–H and O–H groups in total. The molecule has 3 fully saturated rings. The molecule has 8 heteroatoms. The van der Waals surface area contributed by atoms with Gasteiger partial charge in [0.25, 0.3) is 0 Å². The van der Waals surface area contributed by atoms with Crippen LogP contribution in [-0.4, -0.2) is 72.7 Å². The summed E-state index contributed by atoms with van der Waals surface area (Å²) in [6.45, 7) is 1.39. The average Bonchev–Trinajstić information content (AvgIpc) is 3.75. The molecule has 1 heterocycles. The van der Waals surface area contributed by atoms with Crippen LogP contribution in [0.3, 0.4) is 0 Å². The van der Waals surface area contributed by atoms with Gasteiger partial charge in [0, 0.05) is 37.8 Å². The number of aliphatic hydroxyl groups is 2. The van der Waals surface area contributed by atoms with E-state index in [1.165, 1.54) is 11.6 Å². The molecule has 7 nitrogen and oxygen atoms in total. The second-order valence-corrected chi connectivity index (χ2v) is 11.5. The van der Waals surface area contributed by atoms with Gasteiger partial charge in [0.1, 0.15) is 17.5 Å². The maximum Gasteiger partial charge on any atom is 0.226 e. The predicted molar refractivity (Wildman–Crippen MR) is 146 cm³/mol. The molecule has 2 aromatic rings. The van der Waals surface area contributed by atoms with Crippen LogP contribution >= 0.6 is 0 Å². The van der Waals surface area contributed by atoms with E-state index in [1.54, 1.807) is 24.1 Å². The van der Waals surface area contributed by atoms with Gasteiger partial charge in [-0.15, -0.1) is 0 Å². The highest BCUT2D eigenvalue weighted by Crippen LogP contribution is 2.44. The van der Waals surface area contributed by atoms with E-state index in [1.807, 2.05) is 18.2 Å². The number of methoxy groups -OCH3 is 1. The number of benzene rings is 2. The summed E-state index contributed by atoms with van der Waals surface area (Å²) in [5.74, 6) is -0.308.